The van der Waals surface area contributed by atoms with Crippen LogP contribution in [0.3, 0.4) is 0 Å². The number of hydrogen-bond acceptors (Lipinski definition) is 3. The highest BCUT2D eigenvalue weighted by molar-refractivity contribution is 6.17. The maximum atomic E-state index is 12.6. The zero-order valence-corrected chi connectivity index (χ0v) is 6.29. The summed E-state index contributed by atoms with van der Waals surface area (Å²) in [5.74, 6) is -2.51. The van der Waals surface area contributed by atoms with E-state index in [4.69, 9.17) is 10.3 Å². The lowest BCUT2D eigenvalue weighted by Crippen LogP contribution is -2.02. The molecule has 3 nitrogen and oxygen atoms in total. The molecule has 65 valence electrons. The van der Waals surface area contributed by atoms with Crippen LogP contribution in [0, 0.1) is 23.0 Å². The molecule has 0 spiro atoms. The third-order valence-electron chi connectivity index (χ3n) is 1.32. The number of hydrogen-bond donors (Lipinski definition) is 1. The third-order valence-corrected chi connectivity index (χ3v) is 1.32. The Hall–Kier alpha value is -1.61. The van der Waals surface area contributed by atoms with Crippen LogP contribution in [-0.4, -0.2) is 12.7 Å². The first-order valence-electron chi connectivity index (χ1n) is 3.20. The monoisotopic (exact) mass is 182 g/mol. The first kappa shape index (κ1) is 9.48. The summed E-state index contributed by atoms with van der Waals surface area (Å²) in [7, 11) is 0.285. The van der Waals surface area contributed by atoms with E-state index in [2.05, 4.69) is 4.65 Å². The van der Waals surface area contributed by atoms with Crippen LogP contribution in [0.1, 0.15) is 5.56 Å². The van der Waals surface area contributed by atoms with Gasteiger partial charge in [0, 0.05) is 6.07 Å². The standard InChI is InChI=1S/C7H3BF2NO2/c9-5-1-4(3-11)7(13-8-12)2-6(5)10/h1-2,12H. The zero-order valence-electron chi connectivity index (χ0n) is 6.29. The quantitative estimate of drug-likeness (QED) is 0.686. The lowest BCUT2D eigenvalue weighted by Gasteiger charge is -2.03. The van der Waals surface area contributed by atoms with Crippen molar-refractivity contribution < 1.29 is 18.5 Å². The molecule has 1 rings (SSSR count). The van der Waals surface area contributed by atoms with Crippen molar-refractivity contribution in [2.75, 3.05) is 0 Å². The highest BCUT2D eigenvalue weighted by atomic mass is 19.2. The summed E-state index contributed by atoms with van der Waals surface area (Å²) in [5.41, 5.74) is -0.191. The second-order valence-corrected chi connectivity index (χ2v) is 2.10. The molecule has 0 aliphatic rings. The van der Waals surface area contributed by atoms with Gasteiger partial charge in [0.15, 0.2) is 11.6 Å². The fourth-order valence-corrected chi connectivity index (χ4v) is 0.770. The van der Waals surface area contributed by atoms with Gasteiger partial charge in [-0.2, -0.15) is 5.26 Å². The van der Waals surface area contributed by atoms with Gasteiger partial charge in [-0.25, -0.2) is 8.78 Å². The van der Waals surface area contributed by atoms with E-state index in [0.717, 1.165) is 0 Å². The molecule has 0 bridgehead atoms. The fourth-order valence-electron chi connectivity index (χ4n) is 0.770. The van der Waals surface area contributed by atoms with Crippen molar-refractivity contribution in [2.24, 2.45) is 0 Å². The maximum Gasteiger partial charge on any atom is 0.569 e. The highest BCUT2D eigenvalue weighted by Crippen LogP contribution is 2.20. The molecule has 1 aromatic carbocycles. The summed E-state index contributed by atoms with van der Waals surface area (Å²) in [6, 6.07) is 2.96. The maximum absolute atomic E-state index is 12.6. The molecule has 1 aromatic rings. The lowest BCUT2D eigenvalue weighted by molar-refractivity contribution is 0.444. The summed E-state index contributed by atoms with van der Waals surface area (Å²) < 4.78 is 29.5. The van der Waals surface area contributed by atoms with Gasteiger partial charge in [0.25, 0.3) is 0 Å². The second kappa shape index (κ2) is 3.87. The normalized spacial score (nSPS) is 9.08. The molecule has 0 aliphatic carbocycles. The van der Waals surface area contributed by atoms with Crippen molar-refractivity contribution in [1.82, 2.24) is 0 Å². The molecule has 0 amide bonds. The topological polar surface area (TPSA) is 53.2 Å². The fraction of sp³-hybridized carbons (Fsp3) is 0. The van der Waals surface area contributed by atoms with Crippen molar-refractivity contribution in [3.05, 3.63) is 29.3 Å². The summed E-state index contributed by atoms with van der Waals surface area (Å²) in [4.78, 5) is 0. The van der Waals surface area contributed by atoms with Crippen molar-refractivity contribution in [3.8, 4) is 11.8 Å². The first-order valence-corrected chi connectivity index (χ1v) is 3.20. The summed E-state index contributed by atoms with van der Waals surface area (Å²) in [6.07, 6.45) is 0. The van der Waals surface area contributed by atoms with Gasteiger partial charge in [0.2, 0.25) is 0 Å². The molecule has 0 saturated heterocycles. The molecule has 1 radical (unpaired) electrons. The largest absolute Gasteiger partial charge is 0.569 e. The molecule has 13 heavy (non-hydrogen) atoms. The Morgan fingerprint density at radius 1 is 1.38 bits per heavy atom. The van der Waals surface area contributed by atoms with E-state index in [1.54, 1.807) is 6.07 Å². The van der Waals surface area contributed by atoms with Gasteiger partial charge in [-0.05, 0) is 6.07 Å². The van der Waals surface area contributed by atoms with Gasteiger partial charge in [0.05, 0.1) is 5.56 Å². The van der Waals surface area contributed by atoms with Gasteiger partial charge in [-0.1, -0.05) is 0 Å². The van der Waals surface area contributed by atoms with Crippen LogP contribution in [0.25, 0.3) is 0 Å². The van der Waals surface area contributed by atoms with E-state index in [0.29, 0.717) is 12.1 Å². The number of benzene rings is 1. The van der Waals surface area contributed by atoms with Crippen LogP contribution in [0.4, 0.5) is 8.78 Å². The van der Waals surface area contributed by atoms with Crippen molar-refractivity contribution in [2.45, 2.75) is 0 Å². The molecule has 0 atom stereocenters. The molecule has 0 unspecified atom stereocenters. The third kappa shape index (κ3) is 1.95. The Labute approximate surface area is 73.5 Å². The van der Waals surface area contributed by atoms with Crippen LogP contribution in [0.5, 0.6) is 5.75 Å². The Bertz CT molecular complexity index is 364. The SMILES string of the molecule is N#Cc1cc(F)c(F)cc1O[B]O. The molecular formula is C7H3BF2NO2. The zero-order chi connectivity index (χ0) is 9.84. The van der Waals surface area contributed by atoms with E-state index in [-0.39, 0.29) is 19.0 Å². The van der Waals surface area contributed by atoms with Crippen LogP contribution < -0.4 is 4.65 Å². The second-order valence-electron chi connectivity index (χ2n) is 2.10. The van der Waals surface area contributed by atoms with E-state index in [1.165, 1.54) is 0 Å². The summed E-state index contributed by atoms with van der Waals surface area (Å²) in [5, 5.41) is 16.7. The summed E-state index contributed by atoms with van der Waals surface area (Å²) >= 11 is 0. The molecule has 1 N–H and O–H groups in total. The Balaban J connectivity index is 3.18. The Morgan fingerprint density at radius 3 is 2.54 bits per heavy atom. The van der Waals surface area contributed by atoms with Crippen LogP contribution >= 0.6 is 0 Å². The minimum atomic E-state index is -1.14. The van der Waals surface area contributed by atoms with E-state index < -0.39 is 11.6 Å². The average Bonchev–Trinajstić information content (AvgIpc) is 2.11. The van der Waals surface area contributed by atoms with Crippen molar-refractivity contribution in [3.63, 3.8) is 0 Å². The minimum absolute atomic E-state index is 0.191. The first-order chi connectivity index (χ1) is 6.19. The predicted octanol–water partition coefficient (Wildman–Crippen LogP) is 0.742. The molecule has 0 aromatic heterocycles. The lowest BCUT2D eigenvalue weighted by atomic mass is 10.2. The van der Waals surface area contributed by atoms with Crippen LogP contribution in [0.2, 0.25) is 0 Å². The number of nitriles is 1. The smallest absolute Gasteiger partial charge is 0.536 e. The molecule has 0 fully saturated rings. The molecule has 6 heteroatoms. The number of rotatable bonds is 2. The molecule has 0 aliphatic heterocycles. The number of halogens is 2. The van der Waals surface area contributed by atoms with Gasteiger partial charge in [-0.15, -0.1) is 0 Å². The average molecular weight is 182 g/mol. The summed E-state index contributed by atoms with van der Waals surface area (Å²) in [6.45, 7) is 0. The van der Waals surface area contributed by atoms with Gasteiger partial charge < -0.3 is 9.68 Å². The Morgan fingerprint density at radius 2 is 2.00 bits per heavy atom. The van der Waals surface area contributed by atoms with Gasteiger partial charge >= 0.3 is 7.69 Å². The van der Waals surface area contributed by atoms with E-state index in [9.17, 15) is 8.78 Å². The van der Waals surface area contributed by atoms with E-state index >= 15 is 0 Å². The van der Waals surface area contributed by atoms with Gasteiger partial charge in [-0.3, -0.25) is 0 Å². The Kier molecular flexibility index (Phi) is 2.82. The van der Waals surface area contributed by atoms with Crippen molar-refractivity contribution >= 4 is 7.69 Å². The highest BCUT2D eigenvalue weighted by Gasteiger charge is 2.10. The van der Waals surface area contributed by atoms with Gasteiger partial charge in [0.1, 0.15) is 11.8 Å². The van der Waals surface area contributed by atoms with E-state index in [1.807, 2.05) is 0 Å². The van der Waals surface area contributed by atoms with Crippen LogP contribution in [0.15, 0.2) is 12.1 Å². The number of nitrogens with zero attached hydrogens (tertiary/aromatic N) is 1. The molecule has 0 saturated carbocycles. The molecular weight excluding hydrogens is 179 g/mol. The predicted molar refractivity (Wildman–Crippen MR) is 39.7 cm³/mol. The molecule has 0 heterocycles. The minimum Gasteiger partial charge on any atom is -0.536 e. The van der Waals surface area contributed by atoms with Crippen molar-refractivity contribution in [1.29, 1.82) is 5.26 Å². The van der Waals surface area contributed by atoms with Crippen LogP contribution in [-0.2, 0) is 0 Å².